The van der Waals surface area contributed by atoms with Crippen molar-refractivity contribution in [1.29, 1.82) is 0 Å². The Labute approximate surface area is 290 Å². The molecule has 4 heterocycles. The first-order chi connectivity index (χ1) is 24.2. The molecule has 3 fully saturated rings. The van der Waals surface area contributed by atoms with Gasteiger partial charge < -0.3 is 73.3 Å². The molecule has 3 saturated heterocycles. The Morgan fingerprint density at radius 2 is 1.53 bits per heavy atom. The zero-order chi connectivity index (χ0) is 36.7. The Morgan fingerprint density at radius 3 is 2.24 bits per heavy atom. The van der Waals surface area contributed by atoms with Gasteiger partial charge in [0, 0.05) is 25.0 Å². The van der Waals surface area contributed by atoms with Crippen molar-refractivity contribution in [2.24, 2.45) is 0 Å². The maximum atomic E-state index is 14.1. The highest BCUT2D eigenvalue weighted by Crippen LogP contribution is 2.37. The Morgan fingerprint density at radius 1 is 0.824 bits per heavy atom. The van der Waals surface area contributed by atoms with Gasteiger partial charge >= 0.3 is 5.97 Å². The van der Waals surface area contributed by atoms with E-state index in [-0.39, 0.29) is 47.0 Å². The first kappa shape index (κ1) is 36.9. The molecule has 0 bridgehead atoms. The van der Waals surface area contributed by atoms with Crippen LogP contribution in [-0.4, -0.2) is 128 Å². The Hall–Kier alpha value is -3.88. The van der Waals surface area contributed by atoms with Crippen molar-refractivity contribution in [2.45, 2.75) is 107 Å². The van der Waals surface area contributed by atoms with Gasteiger partial charge in [-0.2, -0.15) is 0 Å². The summed E-state index contributed by atoms with van der Waals surface area (Å²) in [5.41, 5.74) is -0.276. The fourth-order valence-electron chi connectivity index (χ4n) is 6.16. The molecule has 0 aliphatic carbocycles. The second kappa shape index (κ2) is 15.0. The number of rotatable bonds is 8. The SMILES string of the molecule is CC(=O)OC1C(C)OC(Oc2c(-c3ccc(O)cc3)oc3cc(OC4OC(C)C(O)C(O)C4O)ccc3c2=O)CC1OC1OCC(O)C(O)C1O. The van der Waals surface area contributed by atoms with E-state index in [0.717, 1.165) is 0 Å². The van der Waals surface area contributed by atoms with Crippen LogP contribution in [0.3, 0.4) is 0 Å². The molecule has 3 aliphatic heterocycles. The predicted octanol–water partition coefficient (Wildman–Crippen LogP) is -0.358. The van der Waals surface area contributed by atoms with Crippen molar-refractivity contribution in [3.63, 3.8) is 0 Å². The van der Waals surface area contributed by atoms with Crippen molar-refractivity contribution in [3.8, 4) is 28.6 Å². The summed E-state index contributed by atoms with van der Waals surface area (Å²) in [5, 5.41) is 71.1. The average molecular weight is 721 g/mol. The van der Waals surface area contributed by atoms with E-state index in [2.05, 4.69) is 0 Å². The summed E-state index contributed by atoms with van der Waals surface area (Å²) < 4.78 is 46.5. The first-order valence-corrected chi connectivity index (χ1v) is 16.3. The second-order valence-electron chi connectivity index (χ2n) is 12.7. The summed E-state index contributed by atoms with van der Waals surface area (Å²) in [6, 6.07) is 9.90. The second-order valence-corrected chi connectivity index (χ2v) is 12.7. The van der Waals surface area contributed by atoms with Crippen LogP contribution in [0.1, 0.15) is 27.2 Å². The third kappa shape index (κ3) is 7.68. The van der Waals surface area contributed by atoms with Gasteiger partial charge in [0.15, 0.2) is 18.2 Å². The van der Waals surface area contributed by atoms with Crippen LogP contribution in [0.4, 0.5) is 0 Å². The van der Waals surface area contributed by atoms with Crippen molar-refractivity contribution >= 4 is 16.9 Å². The third-order valence-electron chi connectivity index (χ3n) is 8.95. The lowest BCUT2D eigenvalue weighted by molar-refractivity contribution is -0.314. The lowest BCUT2D eigenvalue weighted by Crippen LogP contribution is -2.58. The van der Waals surface area contributed by atoms with Gasteiger partial charge in [0.05, 0.1) is 24.2 Å². The molecule has 278 valence electrons. The minimum absolute atomic E-state index is 0.0325. The molecule has 1 aromatic heterocycles. The number of aliphatic hydroxyl groups excluding tert-OH is 6. The fourth-order valence-corrected chi connectivity index (χ4v) is 6.16. The van der Waals surface area contributed by atoms with Crippen LogP contribution in [0, 0.1) is 0 Å². The molecule has 2 aromatic carbocycles. The van der Waals surface area contributed by atoms with Gasteiger partial charge in [-0.1, -0.05) is 0 Å². The summed E-state index contributed by atoms with van der Waals surface area (Å²) >= 11 is 0. The predicted molar refractivity (Wildman–Crippen MR) is 170 cm³/mol. The van der Waals surface area contributed by atoms with E-state index < -0.39 is 91.3 Å². The lowest BCUT2D eigenvalue weighted by atomic mass is 10.00. The third-order valence-corrected chi connectivity index (χ3v) is 8.95. The maximum absolute atomic E-state index is 14.1. The van der Waals surface area contributed by atoms with Gasteiger partial charge in [0.25, 0.3) is 0 Å². The molecule has 7 N–H and O–H groups in total. The number of aliphatic hydroxyl groups is 6. The monoisotopic (exact) mass is 720 g/mol. The van der Waals surface area contributed by atoms with Crippen LogP contribution in [0.5, 0.6) is 17.2 Å². The van der Waals surface area contributed by atoms with Crippen LogP contribution in [0.2, 0.25) is 0 Å². The molecule has 17 nitrogen and oxygen atoms in total. The Balaban J connectivity index is 1.32. The molecule has 51 heavy (non-hydrogen) atoms. The van der Waals surface area contributed by atoms with Crippen LogP contribution in [0.25, 0.3) is 22.3 Å². The number of ether oxygens (including phenoxy) is 7. The highest BCUT2D eigenvalue weighted by molar-refractivity contribution is 5.83. The van der Waals surface area contributed by atoms with E-state index in [1.807, 2.05) is 0 Å². The number of aromatic hydroxyl groups is 1. The smallest absolute Gasteiger partial charge is 0.303 e. The molecule has 6 rings (SSSR count). The van der Waals surface area contributed by atoms with Gasteiger partial charge in [0.1, 0.15) is 59.8 Å². The number of carbonyl (C=O) groups is 1. The highest BCUT2D eigenvalue weighted by atomic mass is 16.7. The van der Waals surface area contributed by atoms with Crippen molar-refractivity contribution in [1.82, 2.24) is 0 Å². The number of phenolic OH excluding ortho intramolecular Hbond substituents is 1. The quantitative estimate of drug-likeness (QED) is 0.147. The van der Waals surface area contributed by atoms with Gasteiger partial charge in [0.2, 0.25) is 23.8 Å². The van der Waals surface area contributed by atoms with Crippen LogP contribution in [-0.2, 0) is 28.5 Å². The first-order valence-electron chi connectivity index (χ1n) is 16.3. The zero-order valence-corrected chi connectivity index (χ0v) is 27.7. The minimum Gasteiger partial charge on any atom is -0.508 e. The molecule has 13 atom stereocenters. The summed E-state index contributed by atoms with van der Waals surface area (Å²) in [5.74, 6) is -0.956. The van der Waals surface area contributed by atoms with E-state index in [9.17, 15) is 45.3 Å². The number of esters is 1. The zero-order valence-electron chi connectivity index (χ0n) is 27.7. The van der Waals surface area contributed by atoms with Crippen molar-refractivity contribution < 1.29 is 78.1 Å². The number of hydrogen-bond acceptors (Lipinski definition) is 17. The molecule has 0 spiro atoms. The largest absolute Gasteiger partial charge is 0.508 e. The normalized spacial score (nSPS) is 35.7. The standard InChI is InChI=1S/C34H40O17/c1-13-24(38)27(41)29(43)34(46-13)48-18-8-9-19-21(10-18)49-31(16-4-6-17(36)7-5-16)32(25(19)39)51-23-11-22(30(14(2)45-23)47-15(3)35)50-33-28(42)26(40)20(37)12-44-33/h4-10,13-14,20,22-24,26-30,33-34,36-38,40-43H,11-12H2,1-3H3. The molecule has 17 heteroatoms. The van der Waals surface area contributed by atoms with Crippen LogP contribution < -0.4 is 14.9 Å². The van der Waals surface area contributed by atoms with Crippen LogP contribution >= 0.6 is 0 Å². The van der Waals surface area contributed by atoms with Crippen molar-refractivity contribution in [2.75, 3.05) is 6.61 Å². The van der Waals surface area contributed by atoms with Gasteiger partial charge in [-0.25, -0.2) is 0 Å². The topological polar surface area (TPSA) is 253 Å². The van der Waals surface area contributed by atoms with Crippen molar-refractivity contribution in [3.05, 3.63) is 52.7 Å². The van der Waals surface area contributed by atoms with Gasteiger partial charge in [-0.15, -0.1) is 0 Å². The minimum atomic E-state index is -1.64. The summed E-state index contributed by atoms with van der Waals surface area (Å²) in [7, 11) is 0. The Kier molecular flexibility index (Phi) is 10.9. The molecule has 0 radical (unpaired) electrons. The molecular weight excluding hydrogens is 680 g/mol. The number of carbonyl (C=O) groups excluding carboxylic acids is 1. The van der Waals surface area contributed by atoms with E-state index >= 15 is 0 Å². The lowest BCUT2D eigenvalue weighted by Gasteiger charge is -2.42. The number of benzene rings is 2. The molecular formula is C34H40O17. The van der Waals surface area contributed by atoms with E-state index in [4.69, 9.17) is 37.6 Å². The van der Waals surface area contributed by atoms with Crippen LogP contribution in [0.15, 0.2) is 51.7 Å². The summed E-state index contributed by atoms with van der Waals surface area (Å²) in [6.07, 6.45) is -17.0. The summed E-state index contributed by atoms with van der Waals surface area (Å²) in [4.78, 5) is 26.1. The van der Waals surface area contributed by atoms with Gasteiger partial charge in [-0.05, 0) is 50.2 Å². The molecule has 0 saturated carbocycles. The maximum Gasteiger partial charge on any atom is 0.303 e. The number of phenols is 1. The molecule has 13 unspecified atom stereocenters. The highest BCUT2D eigenvalue weighted by Gasteiger charge is 2.46. The Bertz CT molecular complexity index is 1750. The molecule has 3 aliphatic rings. The van der Waals surface area contributed by atoms with Gasteiger partial charge in [-0.3, -0.25) is 9.59 Å². The van der Waals surface area contributed by atoms with E-state index in [1.54, 1.807) is 6.92 Å². The van der Waals surface area contributed by atoms with E-state index in [0.29, 0.717) is 5.56 Å². The molecule has 0 amide bonds. The number of hydrogen-bond donors (Lipinski definition) is 7. The van der Waals surface area contributed by atoms with E-state index in [1.165, 1.54) is 56.3 Å². The molecule has 3 aromatic rings. The fraction of sp³-hybridized carbons (Fsp3) is 0.529. The average Bonchev–Trinajstić information content (AvgIpc) is 3.09. The number of fused-ring (bicyclic) bond motifs is 1. The summed E-state index contributed by atoms with van der Waals surface area (Å²) in [6.45, 7) is 3.94.